The summed E-state index contributed by atoms with van der Waals surface area (Å²) in [7, 11) is 1.22. The Balaban J connectivity index is 4.93. The lowest BCUT2D eigenvalue weighted by Crippen LogP contribution is -2.52. The van der Waals surface area contributed by atoms with E-state index in [0.717, 1.165) is 0 Å². The van der Waals surface area contributed by atoms with Gasteiger partial charge < -0.3 is 19.6 Å². The molecule has 0 radical (unpaired) electrons. The SMILES string of the molecule is [C-]#[N+]CC=CC(C)(NC(=O)OC(C)(C)C)C(=O)OC. The standard InChI is InChI=1S/C13H20N2O4/c1-12(2,3)19-11(17)15-13(4,10(16)18-6)8-7-9-14-5/h7-8H,9H2,1-4,6H3,(H,15,17). The molecule has 6 heteroatoms. The molecule has 1 N–H and O–H groups in total. The van der Waals surface area contributed by atoms with Crippen molar-refractivity contribution < 1.29 is 19.1 Å². The molecule has 106 valence electrons. The van der Waals surface area contributed by atoms with Crippen molar-refractivity contribution in [3.63, 3.8) is 0 Å². The summed E-state index contributed by atoms with van der Waals surface area (Å²) in [5, 5.41) is 2.43. The number of nitrogens with one attached hydrogen (secondary N) is 1. The topological polar surface area (TPSA) is 69.0 Å². The first kappa shape index (κ1) is 17.0. The van der Waals surface area contributed by atoms with Crippen LogP contribution in [0.5, 0.6) is 0 Å². The van der Waals surface area contributed by atoms with Crippen LogP contribution in [0, 0.1) is 6.57 Å². The molecule has 0 rings (SSSR count). The first-order valence-electron chi connectivity index (χ1n) is 5.75. The normalized spacial score (nSPS) is 14.3. The molecule has 0 spiro atoms. The number of methoxy groups -OCH3 is 1. The summed E-state index contributed by atoms with van der Waals surface area (Å²) < 4.78 is 9.72. The van der Waals surface area contributed by atoms with E-state index in [4.69, 9.17) is 11.3 Å². The zero-order valence-electron chi connectivity index (χ0n) is 11.9. The van der Waals surface area contributed by atoms with Crippen molar-refractivity contribution in [2.75, 3.05) is 13.7 Å². The van der Waals surface area contributed by atoms with Gasteiger partial charge in [0.15, 0.2) is 5.54 Å². The number of amides is 1. The second kappa shape index (κ2) is 6.78. The molecule has 0 bridgehead atoms. The Labute approximate surface area is 113 Å². The van der Waals surface area contributed by atoms with E-state index in [9.17, 15) is 9.59 Å². The molecule has 0 aromatic rings. The van der Waals surface area contributed by atoms with E-state index in [0.29, 0.717) is 0 Å². The molecule has 0 aromatic heterocycles. The van der Waals surface area contributed by atoms with Crippen LogP contribution in [0.2, 0.25) is 0 Å². The molecule has 0 aromatic carbocycles. The molecule has 1 atom stereocenters. The maximum atomic E-state index is 11.7. The Morgan fingerprint density at radius 3 is 2.32 bits per heavy atom. The third-order valence-electron chi connectivity index (χ3n) is 2.02. The van der Waals surface area contributed by atoms with Crippen molar-refractivity contribution in [1.82, 2.24) is 5.32 Å². The second-order valence-corrected chi connectivity index (χ2v) is 5.06. The largest absolute Gasteiger partial charge is 0.467 e. The van der Waals surface area contributed by atoms with Crippen molar-refractivity contribution in [2.24, 2.45) is 0 Å². The number of ether oxygens (including phenoxy) is 2. The van der Waals surface area contributed by atoms with Crippen LogP contribution in [0.1, 0.15) is 27.7 Å². The van der Waals surface area contributed by atoms with Gasteiger partial charge in [-0.15, -0.1) is 0 Å². The quantitative estimate of drug-likeness (QED) is 0.480. The number of rotatable bonds is 4. The van der Waals surface area contributed by atoms with E-state index in [1.54, 1.807) is 20.8 Å². The lowest BCUT2D eigenvalue weighted by atomic mass is 10.0. The van der Waals surface area contributed by atoms with Crippen LogP contribution >= 0.6 is 0 Å². The predicted molar refractivity (Wildman–Crippen MR) is 70.4 cm³/mol. The van der Waals surface area contributed by atoms with Gasteiger partial charge in [0.1, 0.15) is 5.60 Å². The summed E-state index contributed by atoms with van der Waals surface area (Å²) in [6.45, 7) is 13.4. The predicted octanol–water partition coefficient (Wildman–Crippen LogP) is 1.92. The van der Waals surface area contributed by atoms with Gasteiger partial charge in [-0.3, -0.25) is 0 Å². The minimum absolute atomic E-state index is 0.114. The fourth-order valence-electron chi connectivity index (χ4n) is 1.23. The van der Waals surface area contributed by atoms with Crippen LogP contribution in [0.25, 0.3) is 4.85 Å². The monoisotopic (exact) mass is 268 g/mol. The van der Waals surface area contributed by atoms with E-state index >= 15 is 0 Å². The first-order chi connectivity index (χ1) is 8.64. The maximum absolute atomic E-state index is 11.7. The van der Waals surface area contributed by atoms with Crippen LogP contribution in [0.4, 0.5) is 4.79 Å². The Hall–Kier alpha value is -2.03. The lowest BCUT2D eigenvalue weighted by Gasteiger charge is -2.27. The molecule has 0 heterocycles. The summed E-state index contributed by atoms with van der Waals surface area (Å²) in [5.41, 5.74) is -2.02. The van der Waals surface area contributed by atoms with Crippen molar-refractivity contribution in [1.29, 1.82) is 0 Å². The van der Waals surface area contributed by atoms with Gasteiger partial charge >= 0.3 is 12.1 Å². The molecule has 0 aliphatic carbocycles. The average molecular weight is 268 g/mol. The molecular formula is C13H20N2O4. The summed E-state index contributed by atoms with van der Waals surface area (Å²) in [4.78, 5) is 26.5. The maximum Gasteiger partial charge on any atom is 0.408 e. The van der Waals surface area contributed by atoms with E-state index in [1.807, 2.05) is 0 Å². The number of esters is 1. The Morgan fingerprint density at radius 1 is 1.32 bits per heavy atom. The second-order valence-electron chi connectivity index (χ2n) is 5.06. The number of carbonyl (C=O) groups is 2. The van der Waals surface area contributed by atoms with Crippen molar-refractivity contribution in [2.45, 2.75) is 38.8 Å². The van der Waals surface area contributed by atoms with Crippen LogP contribution in [0.15, 0.2) is 12.2 Å². The fraction of sp³-hybridized carbons (Fsp3) is 0.615. The van der Waals surface area contributed by atoms with Gasteiger partial charge in [-0.1, -0.05) is 0 Å². The zero-order valence-corrected chi connectivity index (χ0v) is 11.9. The van der Waals surface area contributed by atoms with Gasteiger partial charge in [0.05, 0.1) is 7.11 Å². The number of hydrogen-bond acceptors (Lipinski definition) is 4. The minimum atomic E-state index is -1.36. The van der Waals surface area contributed by atoms with Gasteiger partial charge in [0.2, 0.25) is 6.54 Å². The molecular weight excluding hydrogens is 248 g/mol. The molecule has 19 heavy (non-hydrogen) atoms. The molecule has 1 amide bonds. The van der Waals surface area contributed by atoms with Gasteiger partial charge in [-0.2, -0.15) is 0 Å². The highest BCUT2D eigenvalue weighted by atomic mass is 16.6. The van der Waals surface area contributed by atoms with Crippen LogP contribution < -0.4 is 5.32 Å². The smallest absolute Gasteiger partial charge is 0.408 e. The Kier molecular flexibility index (Phi) is 6.06. The molecule has 0 saturated carbocycles. The molecule has 1 unspecified atom stereocenters. The Morgan fingerprint density at radius 2 is 1.89 bits per heavy atom. The van der Waals surface area contributed by atoms with E-state index in [2.05, 4.69) is 14.9 Å². The third-order valence-corrected chi connectivity index (χ3v) is 2.02. The molecule has 0 aliphatic heterocycles. The lowest BCUT2D eigenvalue weighted by molar-refractivity contribution is -0.145. The van der Waals surface area contributed by atoms with Gasteiger partial charge in [0.25, 0.3) is 0 Å². The number of carbonyl (C=O) groups excluding carboxylic acids is 2. The molecule has 0 aliphatic rings. The Bertz CT molecular complexity index is 404. The van der Waals surface area contributed by atoms with Gasteiger partial charge in [0, 0.05) is 0 Å². The summed E-state index contributed by atoms with van der Waals surface area (Å²) in [6.07, 6.45) is 2.18. The van der Waals surface area contributed by atoms with Crippen molar-refractivity contribution in [3.05, 3.63) is 23.6 Å². The molecule has 6 nitrogen and oxygen atoms in total. The van der Waals surface area contributed by atoms with Crippen molar-refractivity contribution in [3.8, 4) is 0 Å². The van der Waals surface area contributed by atoms with E-state index in [1.165, 1.54) is 26.2 Å². The summed E-state index contributed by atoms with van der Waals surface area (Å²) in [6, 6.07) is 0. The molecule has 0 saturated heterocycles. The van der Waals surface area contributed by atoms with Crippen LogP contribution in [-0.2, 0) is 14.3 Å². The third kappa shape index (κ3) is 6.46. The zero-order chi connectivity index (χ0) is 15.1. The number of nitrogens with zero attached hydrogens (tertiary/aromatic N) is 1. The van der Waals surface area contributed by atoms with Crippen LogP contribution in [0.3, 0.4) is 0 Å². The van der Waals surface area contributed by atoms with E-state index < -0.39 is 23.2 Å². The summed E-state index contributed by atoms with van der Waals surface area (Å²) in [5.74, 6) is -0.639. The minimum Gasteiger partial charge on any atom is -0.467 e. The highest BCUT2D eigenvalue weighted by Crippen LogP contribution is 2.12. The van der Waals surface area contributed by atoms with Gasteiger partial charge in [-0.05, 0) is 39.8 Å². The number of alkyl carbamates (subject to hydrolysis) is 1. The fourth-order valence-corrected chi connectivity index (χ4v) is 1.23. The highest BCUT2D eigenvalue weighted by molar-refractivity contribution is 5.87. The molecule has 0 fully saturated rings. The van der Waals surface area contributed by atoms with Gasteiger partial charge in [-0.25, -0.2) is 16.2 Å². The van der Waals surface area contributed by atoms with E-state index in [-0.39, 0.29) is 6.54 Å². The average Bonchev–Trinajstić information content (AvgIpc) is 2.25. The highest BCUT2D eigenvalue weighted by Gasteiger charge is 2.35. The van der Waals surface area contributed by atoms with Crippen molar-refractivity contribution >= 4 is 12.1 Å². The first-order valence-corrected chi connectivity index (χ1v) is 5.75. The van der Waals surface area contributed by atoms with Crippen LogP contribution in [-0.4, -0.2) is 36.9 Å². The number of hydrogen-bond donors (Lipinski definition) is 1. The summed E-state index contributed by atoms with van der Waals surface area (Å²) >= 11 is 0.